The topological polar surface area (TPSA) is 57.2 Å². The van der Waals surface area contributed by atoms with Gasteiger partial charge in [0.1, 0.15) is 11.6 Å². The number of fused-ring (bicyclic) bond motifs is 9. The number of pyridine rings is 2. The molecule has 222 valence electrons. The van der Waals surface area contributed by atoms with Crippen LogP contribution in [0.25, 0.3) is 66.3 Å². The van der Waals surface area contributed by atoms with Crippen molar-refractivity contribution in [3.8, 4) is 28.7 Å². The van der Waals surface area contributed by atoms with Gasteiger partial charge < -0.3 is 13.7 Å². The molecule has 4 aromatic heterocycles. The summed E-state index contributed by atoms with van der Waals surface area (Å²) in [6.07, 6.45) is 1.78. The van der Waals surface area contributed by atoms with Gasteiger partial charge in [-0.2, -0.15) is 11.2 Å². The number of benzene rings is 5. The average molecular weight is 779 g/mol. The first kappa shape index (κ1) is 28.1. The molecule has 0 aliphatic heterocycles. The van der Waals surface area contributed by atoms with E-state index in [0.29, 0.717) is 44.6 Å². The SMILES string of the molecule is Cc1ccccc1-c1nnc2c3[c-]c(Oc4[c-]c5c(cc4)c4ccccc4n5-c4ccccn4)ccc3c3c(F)cccc3n12.[Pt+2]. The Morgan fingerprint density at radius 3 is 2.30 bits per heavy atom. The summed E-state index contributed by atoms with van der Waals surface area (Å²) in [6.45, 7) is 2.03. The van der Waals surface area contributed by atoms with Crippen LogP contribution in [0.4, 0.5) is 4.39 Å². The Morgan fingerprint density at radius 1 is 0.696 bits per heavy atom. The molecule has 0 atom stereocenters. The van der Waals surface area contributed by atoms with Gasteiger partial charge in [-0.15, -0.1) is 34.8 Å². The van der Waals surface area contributed by atoms with Gasteiger partial charge in [-0.25, -0.2) is 9.37 Å². The summed E-state index contributed by atoms with van der Waals surface area (Å²) >= 11 is 0. The fourth-order valence-corrected chi connectivity index (χ4v) is 6.33. The van der Waals surface area contributed by atoms with Crippen molar-refractivity contribution >= 4 is 49.1 Å². The summed E-state index contributed by atoms with van der Waals surface area (Å²) in [7, 11) is 0. The third kappa shape index (κ3) is 4.23. The maximum atomic E-state index is 15.5. The van der Waals surface area contributed by atoms with E-state index in [4.69, 9.17) is 4.74 Å². The average Bonchev–Trinajstić information content (AvgIpc) is 3.66. The van der Waals surface area contributed by atoms with Crippen molar-refractivity contribution in [2.45, 2.75) is 6.92 Å². The van der Waals surface area contributed by atoms with E-state index in [1.54, 1.807) is 18.3 Å². The monoisotopic (exact) mass is 778 g/mol. The van der Waals surface area contributed by atoms with Gasteiger partial charge in [-0.3, -0.25) is 0 Å². The van der Waals surface area contributed by atoms with Crippen molar-refractivity contribution in [2.75, 3.05) is 0 Å². The maximum Gasteiger partial charge on any atom is 2.00 e. The van der Waals surface area contributed by atoms with E-state index in [-0.39, 0.29) is 26.9 Å². The molecule has 4 heterocycles. The Labute approximate surface area is 277 Å². The Bertz CT molecular complexity index is 2610. The fraction of sp³-hybridized carbons (Fsp3) is 0.0263. The van der Waals surface area contributed by atoms with Gasteiger partial charge >= 0.3 is 21.1 Å². The van der Waals surface area contributed by atoms with Crippen molar-refractivity contribution in [3.05, 3.63) is 139 Å². The van der Waals surface area contributed by atoms with Crippen molar-refractivity contribution in [2.24, 2.45) is 0 Å². The molecule has 0 spiro atoms. The predicted molar refractivity (Wildman–Crippen MR) is 174 cm³/mol. The zero-order chi connectivity index (χ0) is 30.1. The van der Waals surface area contributed by atoms with Crippen molar-refractivity contribution < 1.29 is 30.2 Å². The number of nitrogens with zero attached hydrogens (tertiary/aromatic N) is 5. The molecule has 0 aliphatic rings. The number of rotatable bonds is 4. The smallest absolute Gasteiger partial charge is 0.503 e. The predicted octanol–water partition coefficient (Wildman–Crippen LogP) is 9.03. The summed E-state index contributed by atoms with van der Waals surface area (Å²) < 4.78 is 25.9. The van der Waals surface area contributed by atoms with Gasteiger partial charge in [0, 0.05) is 34.3 Å². The van der Waals surface area contributed by atoms with Gasteiger partial charge in [-0.05, 0) is 53.6 Å². The first-order chi connectivity index (χ1) is 22.2. The summed E-state index contributed by atoms with van der Waals surface area (Å²) in [5, 5.41) is 13.1. The molecular formula is C38H22FN5OPt. The minimum atomic E-state index is -0.327. The number of hydrogen-bond acceptors (Lipinski definition) is 4. The van der Waals surface area contributed by atoms with Crippen LogP contribution in [-0.2, 0) is 21.1 Å². The molecule has 0 bridgehead atoms. The summed E-state index contributed by atoms with van der Waals surface area (Å²) in [5.41, 5.74) is 5.11. The van der Waals surface area contributed by atoms with Crippen LogP contribution in [0.15, 0.2) is 115 Å². The molecule has 0 saturated heterocycles. The molecule has 0 saturated carbocycles. The molecule has 6 nitrogen and oxygen atoms in total. The molecule has 0 N–H and O–H groups in total. The Morgan fingerprint density at radius 2 is 1.46 bits per heavy atom. The molecule has 0 aliphatic carbocycles. The largest absolute Gasteiger partial charge is 2.00 e. The molecule has 9 rings (SSSR count). The van der Waals surface area contributed by atoms with Crippen LogP contribution >= 0.6 is 0 Å². The maximum absolute atomic E-state index is 15.5. The Hall–Kier alpha value is -5.39. The first-order valence-electron chi connectivity index (χ1n) is 14.6. The van der Waals surface area contributed by atoms with Gasteiger partial charge in [-0.1, -0.05) is 77.0 Å². The number of halogens is 1. The van der Waals surface area contributed by atoms with Crippen LogP contribution in [0.2, 0.25) is 0 Å². The van der Waals surface area contributed by atoms with E-state index in [1.165, 1.54) is 6.07 Å². The molecule has 0 fully saturated rings. The molecule has 9 aromatic rings. The molecule has 0 unspecified atom stereocenters. The van der Waals surface area contributed by atoms with Crippen LogP contribution in [0, 0.1) is 24.9 Å². The van der Waals surface area contributed by atoms with Crippen LogP contribution in [0.3, 0.4) is 0 Å². The summed E-state index contributed by atoms with van der Waals surface area (Å²) in [4.78, 5) is 4.61. The van der Waals surface area contributed by atoms with Gasteiger partial charge in [0.15, 0.2) is 5.82 Å². The fourth-order valence-electron chi connectivity index (χ4n) is 6.33. The number of para-hydroxylation sites is 1. The van der Waals surface area contributed by atoms with E-state index in [2.05, 4.69) is 44.0 Å². The summed E-state index contributed by atoms with van der Waals surface area (Å²) in [6, 6.07) is 41.6. The third-order valence-electron chi connectivity index (χ3n) is 8.35. The zero-order valence-electron chi connectivity index (χ0n) is 24.3. The standard InChI is InChI=1S/C38H22FN5O.Pt/c1-23-9-2-3-10-26(23)37-41-42-38-30-21-24(17-19-29(30)36-31(39)12-8-14-33(36)44(37)38)45-25-16-18-28-27-11-4-5-13-32(27)43(34(28)22-25)35-15-6-7-20-40-35;/h2-20H,1H3;/q-2;+2. The van der Waals surface area contributed by atoms with E-state index in [0.717, 1.165) is 38.8 Å². The third-order valence-corrected chi connectivity index (χ3v) is 8.35. The van der Waals surface area contributed by atoms with Crippen LogP contribution in [-0.4, -0.2) is 24.1 Å². The van der Waals surface area contributed by atoms with E-state index >= 15 is 4.39 Å². The van der Waals surface area contributed by atoms with E-state index < -0.39 is 0 Å². The van der Waals surface area contributed by atoms with Crippen LogP contribution < -0.4 is 4.74 Å². The van der Waals surface area contributed by atoms with Gasteiger partial charge in [0.05, 0.1) is 5.65 Å². The van der Waals surface area contributed by atoms with Gasteiger partial charge in [0.2, 0.25) is 0 Å². The molecule has 5 aromatic carbocycles. The number of ether oxygens (including phenoxy) is 1. The molecule has 46 heavy (non-hydrogen) atoms. The number of hydrogen-bond donors (Lipinski definition) is 0. The second-order valence-electron chi connectivity index (χ2n) is 11.0. The second kappa shape index (κ2) is 10.9. The van der Waals surface area contributed by atoms with Crippen LogP contribution in [0.5, 0.6) is 11.5 Å². The van der Waals surface area contributed by atoms with E-state index in [1.807, 2.05) is 90.2 Å². The quantitative estimate of drug-likeness (QED) is 0.132. The molecular weight excluding hydrogens is 757 g/mol. The molecule has 0 radical (unpaired) electrons. The normalized spacial score (nSPS) is 11.5. The zero-order valence-corrected chi connectivity index (χ0v) is 26.6. The minimum absolute atomic E-state index is 0. The number of aryl methyl sites for hydroxylation is 1. The Balaban J connectivity index is 0.00000312. The van der Waals surface area contributed by atoms with E-state index in [9.17, 15) is 0 Å². The number of aromatic nitrogens is 5. The van der Waals surface area contributed by atoms with Crippen LogP contribution in [0.1, 0.15) is 5.56 Å². The van der Waals surface area contributed by atoms with Crippen molar-refractivity contribution in [1.82, 2.24) is 24.1 Å². The Kier molecular flexibility index (Phi) is 6.66. The molecule has 0 amide bonds. The summed E-state index contributed by atoms with van der Waals surface area (Å²) in [5.74, 6) is 2.08. The second-order valence-corrected chi connectivity index (χ2v) is 11.0. The minimum Gasteiger partial charge on any atom is -0.503 e. The van der Waals surface area contributed by atoms with Crippen molar-refractivity contribution in [1.29, 1.82) is 0 Å². The molecule has 8 heteroatoms. The van der Waals surface area contributed by atoms with Gasteiger partial charge in [0.25, 0.3) is 0 Å². The van der Waals surface area contributed by atoms with Crippen molar-refractivity contribution in [3.63, 3.8) is 0 Å². The first-order valence-corrected chi connectivity index (χ1v) is 14.6.